The molecule has 0 atom stereocenters. The summed E-state index contributed by atoms with van der Waals surface area (Å²) in [5.41, 5.74) is 1.35. The van der Waals surface area contributed by atoms with E-state index in [0.29, 0.717) is 17.7 Å². The number of rotatable bonds is 3. The number of aliphatic carboxylic acids is 1. The van der Waals surface area contributed by atoms with Crippen LogP contribution in [0.4, 0.5) is 0 Å². The molecule has 4 nitrogen and oxygen atoms in total. The molecule has 0 aliphatic carbocycles. The lowest BCUT2D eigenvalue weighted by molar-refractivity contribution is -0.136. The van der Waals surface area contributed by atoms with Crippen molar-refractivity contribution in [1.29, 1.82) is 0 Å². The second-order valence-electron chi connectivity index (χ2n) is 3.14. The molecule has 1 heterocycles. The Morgan fingerprint density at radius 2 is 2.33 bits per heavy atom. The third-order valence-corrected chi connectivity index (χ3v) is 2.73. The van der Waals surface area contributed by atoms with Crippen LogP contribution in [0.5, 0.6) is 0 Å². The third kappa shape index (κ3) is 2.02. The summed E-state index contributed by atoms with van der Waals surface area (Å²) in [6.45, 7) is 0. The van der Waals surface area contributed by atoms with Crippen LogP contribution in [0.2, 0.25) is 0 Å². The summed E-state index contributed by atoms with van der Waals surface area (Å²) < 4.78 is 5.95. The molecule has 0 saturated carbocycles. The lowest BCUT2D eigenvalue weighted by atomic mass is 10.1. The van der Waals surface area contributed by atoms with Crippen molar-refractivity contribution in [3.05, 3.63) is 28.4 Å². The molecule has 1 N–H and O–H groups in total. The molecular weight excluding hydrogens is 262 g/mol. The van der Waals surface area contributed by atoms with Crippen LogP contribution in [-0.2, 0) is 11.2 Å². The summed E-state index contributed by atoms with van der Waals surface area (Å²) in [7, 11) is 0. The van der Waals surface area contributed by atoms with E-state index in [1.807, 2.05) is 18.2 Å². The van der Waals surface area contributed by atoms with Crippen molar-refractivity contribution in [1.82, 2.24) is 5.16 Å². The number of carboxylic acids is 1. The van der Waals surface area contributed by atoms with Gasteiger partial charge in [0.15, 0.2) is 5.58 Å². The standard InChI is InChI=1S/C10H8BrNO3/c11-7-3-1-2-6-8(4-5-9(13)14)12-15-10(6)7/h1-3H,4-5H2,(H,13,14). The molecule has 5 heteroatoms. The van der Waals surface area contributed by atoms with Gasteiger partial charge in [0.05, 0.1) is 16.6 Å². The first-order valence-electron chi connectivity index (χ1n) is 4.43. The highest BCUT2D eigenvalue weighted by molar-refractivity contribution is 9.10. The number of carbonyl (C=O) groups is 1. The van der Waals surface area contributed by atoms with Gasteiger partial charge in [0, 0.05) is 11.8 Å². The highest BCUT2D eigenvalue weighted by atomic mass is 79.9. The molecular formula is C10H8BrNO3. The molecule has 15 heavy (non-hydrogen) atoms. The van der Waals surface area contributed by atoms with Crippen LogP contribution in [-0.4, -0.2) is 16.2 Å². The number of aryl methyl sites for hydroxylation is 1. The first-order chi connectivity index (χ1) is 7.18. The number of carboxylic acid groups (broad SMARTS) is 1. The Morgan fingerprint density at radius 3 is 3.07 bits per heavy atom. The second kappa shape index (κ2) is 4.02. The van der Waals surface area contributed by atoms with Crippen LogP contribution < -0.4 is 0 Å². The highest BCUT2D eigenvalue weighted by Crippen LogP contribution is 2.26. The number of aromatic nitrogens is 1. The van der Waals surface area contributed by atoms with Crippen molar-refractivity contribution in [3.63, 3.8) is 0 Å². The average Bonchev–Trinajstić information content (AvgIpc) is 2.59. The van der Waals surface area contributed by atoms with Gasteiger partial charge in [-0.05, 0) is 28.1 Å². The van der Waals surface area contributed by atoms with E-state index in [-0.39, 0.29) is 6.42 Å². The molecule has 0 spiro atoms. The van der Waals surface area contributed by atoms with Gasteiger partial charge in [-0.25, -0.2) is 0 Å². The third-order valence-electron chi connectivity index (χ3n) is 2.10. The minimum absolute atomic E-state index is 0.0636. The molecule has 1 aromatic heterocycles. The van der Waals surface area contributed by atoms with Crippen LogP contribution in [0.15, 0.2) is 27.2 Å². The monoisotopic (exact) mass is 269 g/mol. The number of hydrogen-bond donors (Lipinski definition) is 1. The van der Waals surface area contributed by atoms with E-state index in [2.05, 4.69) is 21.1 Å². The van der Waals surface area contributed by atoms with Crippen molar-refractivity contribution in [2.45, 2.75) is 12.8 Å². The topological polar surface area (TPSA) is 63.3 Å². The van der Waals surface area contributed by atoms with Gasteiger partial charge in [0.1, 0.15) is 0 Å². The van der Waals surface area contributed by atoms with Crippen molar-refractivity contribution >= 4 is 32.9 Å². The summed E-state index contributed by atoms with van der Waals surface area (Å²) in [6.07, 6.45) is 0.451. The van der Waals surface area contributed by atoms with Crippen LogP contribution in [0.25, 0.3) is 11.0 Å². The Bertz CT molecular complexity index is 506. The quantitative estimate of drug-likeness (QED) is 0.931. The molecule has 0 fully saturated rings. The van der Waals surface area contributed by atoms with Crippen LogP contribution in [0.3, 0.4) is 0 Å². The molecule has 0 aliphatic heterocycles. The maximum Gasteiger partial charge on any atom is 0.303 e. The van der Waals surface area contributed by atoms with Crippen LogP contribution in [0.1, 0.15) is 12.1 Å². The average molecular weight is 270 g/mol. The van der Waals surface area contributed by atoms with Crippen LogP contribution >= 0.6 is 15.9 Å². The maximum atomic E-state index is 10.4. The lowest BCUT2D eigenvalue weighted by Gasteiger charge is -1.93. The minimum Gasteiger partial charge on any atom is -0.481 e. The van der Waals surface area contributed by atoms with Gasteiger partial charge in [-0.2, -0.15) is 0 Å². The van der Waals surface area contributed by atoms with Crippen molar-refractivity contribution < 1.29 is 14.4 Å². The number of hydrogen-bond acceptors (Lipinski definition) is 3. The zero-order valence-electron chi connectivity index (χ0n) is 7.74. The first-order valence-corrected chi connectivity index (χ1v) is 5.22. The van der Waals surface area contributed by atoms with Gasteiger partial charge in [-0.15, -0.1) is 0 Å². The van der Waals surface area contributed by atoms with Gasteiger partial charge < -0.3 is 9.63 Å². The van der Waals surface area contributed by atoms with E-state index in [1.165, 1.54) is 0 Å². The molecule has 0 bridgehead atoms. The minimum atomic E-state index is -0.832. The van der Waals surface area contributed by atoms with E-state index in [4.69, 9.17) is 9.63 Å². The SMILES string of the molecule is O=C(O)CCc1noc2c(Br)cccc12. The maximum absolute atomic E-state index is 10.4. The van der Waals surface area contributed by atoms with Crippen molar-refractivity contribution in [3.8, 4) is 0 Å². The van der Waals surface area contributed by atoms with E-state index >= 15 is 0 Å². The van der Waals surface area contributed by atoms with Crippen molar-refractivity contribution in [2.24, 2.45) is 0 Å². The molecule has 0 aliphatic rings. The Balaban J connectivity index is 2.37. The summed E-state index contributed by atoms with van der Waals surface area (Å²) in [6, 6.07) is 5.59. The van der Waals surface area contributed by atoms with Gasteiger partial charge >= 0.3 is 5.97 Å². The molecule has 78 valence electrons. The molecule has 1 aromatic carbocycles. The predicted molar refractivity (Wildman–Crippen MR) is 57.7 cm³/mol. The molecule has 0 saturated heterocycles. The van der Waals surface area contributed by atoms with E-state index in [1.54, 1.807) is 0 Å². The van der Waals surface area contributed by atoms with E-state index < -0.39 is 5.97 Å². The van der Waals surface area contributed by atoms with E-state index in [0.717, 1.165) is 9.86 Å². The van der Waals surface area contributed by atoms with Gasteiger partial charge in [-0.1, -0.05) is 11.2 Å². The van der Waals surface area contributed by atoms with Crippen molar-refractivity contribution in [2.75, 3.05) is 0 Å². The Hall–Kier alpha value is -1.36. The number of nitrogens with zero attached hydrogens (tertiary/aromatic N) is 1. The number of halogens is 1. The predicted octanol–water partition coefficient (Wildman–Crippen LogP) is 2.61. The molecule has 0 amide bonds. The largest absolute Gasteiger partial charge is 0.481 e. The molecule has 0 radical (unpaired) electrons. The normalized spacial score (nSPS) is 10.7. The number of para-hydroxylation sites is 1. The van der Waals surface area contributed by atoms with Gasteiger partial charge in [0.2, 0.25) is 0 Å². The Morgan fingerprint density at radius 1 is 1.53 bits per heavy atom. The van der Waals surface area contributed by atoms with E-state index in [9.17, 15) is 4.79 Å². The molecule has 2 aromatic rings. The summed E-state index contributed by atoms with van der Waals surface area (Å²) >= 11 is 3.34. The highest BCUT2D eigenvalue weighted by Gasteiger charge is 2.11. The lowest BCUT2D eigenvalue weighted by Crippen LogP contribution is -1.97. The van der Waals surface area contributed by atoms with Crippen LogP contribution in [0, 0.1) is 0 Å². The second-order valence-corrected chi connectivity index (χ2v) is 3.99. The smallest absolute Gasteiger partial charge is 0.303 e. The summed E-state index contributed by atoms with van der Waals surface area (Å²) in [5, 5.41) is 13.3. The molecule has 0 unspecified atom stereocenters. The fourth-order valence-electron chi connectivity index (χ4n) is 1.38. The fourth-order valence-corrected chi connectivity index (χ4v) is 1.82. The zero-order valence-corrected chi connectivity index (χ0v) is 9.32. The number of fused-ring (bicyclic) bond motifs is 1. The number of benzene rings is 1. The zero-order chi connectivity index (χ0) is 10.8. The summed E-state index contributed by atoms with van der Waals surface area (Å²) in [4.78, 5) is 10.4. The fraction of sp³-hybridized carbons (Fsp3) is 0.200. The Labute approximate surface area is 94.0 Å². The summed E-state index contributed by atoms with van der Waals surface area (Å²) in [5.74, 6) is -0.832. The Kier molecular flexibility index (Phi) is 2.73. The van der Waals surface area contributed by atoms with Gasteiger partial charge in [0.25, 0.3) is 0 Å². The molecule has 2 rings (SSSR count). The first kappa shape index (κ1) is 10.2. The van der Waals surface area contributed by atoms with Gasteiger partial charge in [-0.3, -0.25) is 4.79 Å².